The van der Waals surface area contributed by atoms with Crippen LogP contribution in [0, 0.1) is 5.41 Å². The monoisotopic (exact) mass is 372 g/mol. The van der Waals surface area contributed by atoms with Gasteiger partial charge in [-0.15, -0.1) is 0 Å². The Morgan fingerprint density at radius 1 is 1.19 bits per heavy atom. The van der Waals surface area contributed by atoms with Crippen molar-refractivity contribution in [3.8, 4) is 11.5 Å². The maximum Gasteiger partial charge on any atom is 0.156 e. The highest BCUT2D eigenvalue weighted by Crippen LogP contribution is 2.37. The van der Waals surface area contributed by atoms with Crippen LogP contribution in [0.5, 0.6) is 11.5 Å². The Balaban J connectivity index is 2.55. The summed E-state index contributed by atoms with van der Waals surface area (Å²) in [7, 11) is 0. The molecule has 0 bridgehead atoms. The second-order valence-electron chi connectivity index (χ2n) is 5.20. The molecule has 0 aliphatic carbocycles. The highest BCUT2D eigenvalue weighted by molar-refractivity contribution is 6.55. The van der Waals surface area contributed by atoms with Gasteiger partial charge in [-0.3, -0.25) is 0 Å². The summed E-state index contributed by atoms with van der Waals surface area (Å²) in [5.74, 6) is 0.331. The van der Waals surface area contributed by atoms with Gasteiger partial charge in [-0.25, -0.2) is 0 Å². The molecule has 0 radical (unpaired) electrons. The van der Waals surface area contributed by atoms with Gasteiger partial charge in [0.2, 0.25) is 0 Å². The van der Waals surface area contributed by atoms with E-state index < -0.39 is 0 Å². The summed E-state index contributed by atoms with van der Waals surface area (Å²) < 4.78 is 11.3. The highest BCUT2D eigenvalue weighted by atomic mass is 35.5. The van der Waals surface area contributed by atoms with Gasteiger partial charge in [-0.2, -0.15) is 0 Å². The zero-order valence-corrected chi connectivity index (χ0v) is 14.7. The molecule has 1 N–H and O–H groups in total. The quantitative estimate of drug-likeness (QED) is 0.646. The molecule has 1 rings (SSSR count). The van der Waals surface area contributed by atoms with Gasteiger partial charge in [0.1, 0.15) is 10.2 Å². The normalized spacial score (nSPS) is 11.3. The largest absolute Gasteiger partial charge is 0.508 e. The third-order valence-corrected chi connectivity index (χ3v) is 3.31. The van der Waals surface area contributed by atoms with E-state index in [1.807, 2.05) is 13.8 Å². The van der Waals surface area contributed by atoms with Crippen LogP contribution in [-0.4, -0.2) is 24.9 Å². The number of halogens is 4. The second kappa shape index (κ2) is 8.35. The van der Waals surface area contributed by atoms with Crippen LogP contribution in [0.15, 0.2) is 22.7 Å². The summed E-state index contributed by atoms with van der Waals surface area (Å²) in [6.07, 6.45) is 1.56. The molecule has 0 aliphatic rings. The number of hydrogen-bond acceptors (Lipinski definition) is 3. The highest BCUT2D eigenvalue weighted by Gasteiger charge is 2.21. The predicted molar refractivity (Wildman–Crippen MR) is 88.0 cm³/mol. The van der Waals surface area contributed by atoms with Crippen molar-refractivity contribution in [1.82, 2.24) is 0 Å². The van der Waals surface area contributed by atoms with E-state index in [1.54, 1.807) is 6.08 Å². The average Bonchev–Trinajstić information content (AvgIpc) is 2.33. The third kappa shape index (κ3) is 6.98. The Kier molecular flexibility index (Phi) is 7.45. The number of benzene rings is 1. The van der Waals surface area contributed by atoms with Crippen molar-refractivity contribution in [3.05, 3.63) is 32.7 Å². The van der Waals surface area contributed by atoms with Crippen LogP contribution < -0.4 is 4.74 Å². The molecule has 1 aromatic rings. The summed E-state index contributed by atoms with van der Waals surface area (Å²) in [4.78, 5) is 0. The lowest BCUT2D eigenvalue weighted by Crippen LogP contribution is -2.27. The van der Waals surface area contributed by atoms with Crippen molar-refractivity contribution in [2.75, 3.05) is 19.8 Å². The Morgan fingerprint density at radius 2 is 1.76 bits per heavy atom. The van der Waals surface area contributed by atoms with E-state index in [0.717, 1.165) is 0 Å². The second-order valence-corrected chi connectivity index (χ2v) is 7.02. The van der Waals surface area contributed by atoms with E-state index in [4.69, 9.17) is 55.9 Å². The molecule has 0 saturated carbocycles. The standard InChI is InChI=1S/C14H16Cl4O3/c1-14(2,7-20-4-3-12(17)18)8-21-13-10(15)5-9(19)6-11(13)16/h3,5-6,19H,4,7-8H2,1-2H3. The smallest absolute Gasteiger partial charge is 0.156 e. The fourth-order valence-corrected chi connectivity index (χ4v) is 2.16. The van der Waals surface area contributed by atoms with Gasteiger partial charge < -0.3 is 14.6 Å². The zero-order chi connectivity index (χ0) is 16.0. The van der Waals surface area contributed by atoms with E-state index in [0.29, 0.717) is 25.6 Å². The van der Waals surface area contributed by atoms with Gasteiger partial charge in [0.15, 0.2) is 5.75 Å². The first-order valence-electron chi connectivity index (χ1n) is 6.11. The molecule has 3 nitrogen and oxygen atoms in total. The molecule has 118 valence electrons. The fourth-order valence-electron chi connectivity index (χ4n) is 1.45. The number of rotatable bonds is 7. The van der Waals surface area contributed by atoms with E-state index in [2.05, 4.69) is 0 Å². The van der Waals surface area contributed by atoms with Crippen LogP contribution in [0.25, 0.3) is 0 Å². The molecule has 0 saturated heterocycles. The summed E-state index contributed by atoms with van der Waals surface area (Å²) in [6.45, 7) is 5.06. The molecular weight excluding hydrogens is 358 g/mol. The zero-order valence-electron chi connectivity index (χ0n) is 11.6. The fraction of sp³-hybridized carbons (Fsp3) is 0.429. The molecule has 0 aromatic heterocycles. The third-order valence-electron chi connectivity index (χ3n) is 2.44. The number of hydrogen-bond donors (Lipinski definition) is 1. The molecule has 21 heavy (non-hydrogen) atoms. The lowest BCUT2D eigenvalue weighted by molar-refractivity contribution is 0.0480. The van der Waals surface area contributed by atoms with Crippen LogP contribution in [0.4, 0.5) is 0 Å². The van der Waals surface area contributed by atoms with Gasteiger partial charge in [-0.05, 0) is 6.08 Å². The van der Waals surface area contributed by atoms with Crippen molar-refractivity contribution in [3.63, 3.8) is 0 Å². The Bertz CT molecular complexity index is 488. The predicted octanol–water partition coefficient (Wildman–Crippen LogP) is 5.44. The molecule has 0 spiro atoms. The first-order chi connectivity index (χ1) is 9.71. The van der Waals surface area contributed by atoms with Crippen molar-refractivity contribution < 1.29 is 14.6 Å². The van der Waals surface area contributed by atoms with Crippen LogP contribution in [-0.2, 0) is 4.74 Å². The molecule has 0 unspecified atom stereocenters. The van der Waals surface area contributed by atoms with E-state index in [1.165, 1.54) is 12.1 Å². The number of ether oxygens (including phenoxy) is 2. The molecular formula is C14H16Cl4O3. The van der Waals surface area contributed by atoms with Crippen molar-refractivity contribution in [1.29, 1.82) is 0 Å². The molecule has 0 aliphatic heterocycles. The van der Waals surface area contributed by atoms with Crippen LogP contribution in [0.2, 0.25) is 10.0 Å². The first kappa shape index (κ1) is 18.7. The van der Waals surface area contributed by atoms with Gasteiger partial charge in [0.05, 0.1) is 29.9 Å². The van der Waals surface area contributed by atoms with E-state index in [9.17, 15) is 5.11 Å². The molecule has 0 amide bonds. The lowest BCUT2D eigenvalue weighted by Gasteiger charge is -2.25. The minimum atomic E-state index is -0.267. The van der Waals surface area contributed by atoms with Gasteiger partial charge in [0, 0.05) is 17.5 Å². The van der Waals surface area contributed by atoms with E-state index in [-0.39, 0.29) is 25.7 Å². The lowest BCUT2D eigenvalue weighted by atomic mass is 9.96. The van der Waals surface area contributed by atoms with Crippen molar-refractivity contribution >= 4 is 46.4 Å². The average molecular weight is 374 g/mol. The maximum absolute atomic E-state index is 9.36. The topological polar surface area (TPSA) is 38.7 Å². The minimum absolute atomic E-state index is 0.00955. The summed E-state index contributed by atoms with van der Waals surface area (Å²) in [6, 6.07) is 2.75. The van der Waals surface area contributed by atoms with Gasteiger partial charge in [-0.1, -0.05) is 60.3 Å². The van der Waals surface area contributed by atoms with Gasteiger partial charge >= 0.3 is 0 Å². The molecule has 0 heterocycles. The summed E-state index contributed by atoms with van der Waals surface area (Å²) in [5.41, 5.74) is -0.267. The first-order valence-corrected chi connectivity index (χ1v) is 7.62. The number of phenols is 1. The van der Waals surface area contributed by atoms with Crippen LogP contribution >= 0.6 is 46.4 Å². The minimum Gasteiger partial charge on any atom is -0.508 e. The number of phenolic OH excluding ortho intramolecular Hbond substituents is 1. The van der Waals surface area contributed by atoms with Crippen molar-refractivity contribution in [2.24, 2.45) is 5.41 Å². The van der Waals surface area contributed by atoms with Gasteiger partial charge in [0.25, 0.3) is 0 Å². The SMILES string of the molecule is CC(C)(COCC=C(Cl)Cl)COc1c(Cl)cc(O)cc1Cl. The summed E-state index contributed by atoms with van der Waals surface area (Å²) >= 11 is 23.0. The molecule has 7 heteroatoms. The molecule has 1 aromatic carbocycles. The molecule has 0 fully saturated rings. The Morgan fingerprint density at radius 3 is 2.29 bits per heavy atom. The van der Waals surface area contributed by atoms with Crippen molar-refractivity contribution in [2.45, 2.75) is 13.8 Å². The van der Waals surface area contributed by atoms with Crippen LogP contribution in [0.1, 0.15) is 13.8 Å². The Hall–Kier alpha value is -0.320. The van der Waals surface area contributed by atoms with Crippen LogP contribution in [0.3, 0.4) is 0 Å². The number of aromatic hydroxyl groups is 1. The summed E-state index contributed by atoms with van der Waals surface area (Å²) in [5, 5.41) is 9.88. The maximum atomic E-state index is 9.36. The van der Waals surface area contributed by atoms with E-state index >= 15 is 0 Å². The Labute approximate surface area is 144 Å². The molecule has 0 atom stereocenters.